The summed E-state index contributed by atoms with van der Waals surface area (Å²) in [5.41, 5.74) is 0.607. The minimum atomic E-state index is 0.0299. The first-order valence-corrected chi connectivity index (χ1v) is 12.5. The third-order valence-electron chi connectivity index (χ3n) is 7.97. The van der Waals surface area contributed by atoms with Crippen molar-refractivity contribution in [1.29, 1.82) is 0 Å². The molecule has 0 bridgehead atoms. The third kappa shape index (κ3) is 4.60. The highest BCUT2D eigenvalue weighted by Crippen LogP contribution is 2.38. The van der Waals surface area contributed by atoms with Gasteiger partial charge in [0.15, 0.2) is 0 Å². The Hall–Kier alpha value is -2.24. The molecule has 5 rings (SSSR count). The molecule has 1 aromatic rings. The van der Waals surface area contributed by atoms with Crippen LogP contribution >= 0.6 is 0 Å². The van der Waals surface area contributed by atoms with E-state index in [0.717, 1.165) is 64.2 Å². The first-order chi connectivity index (χ1) is 15.6. The highest BCUT2D eigenvalue weighted by atomic mass is 16.5. The molecule has 2 saturated carbocycles. The largest absolute Gasteiger partial charge is 0.497 e. The summed E-state index contributed by atoms with van der Waals surface area (Å²) < 4.78 is 11.8. The Kier molecular flexibility index (Phi) is 6.29. The van der Waals surface area contributed by atoms with Gasteiger partial charge in [-0.05, 0) is 55.7 Å². The lowest BCUT2D eigenvalue weighted by Crippen LogP contribution is -2.45. The number of ether oxygens (including phenoxy) is 2. The molecule has 1 aromatic carbocycles. The van der Waals surface area contributed by atoms with E-state index in [9.17, 15) is 9.59 Å². The van der Waals surface area contributed by atoms with Gasteiger partial charge in [0.05, 0.1) is 12.7 Å². The molecule has 6 heteroatoms. The Balaban J connectivity index is 1.26. The fourth-order valence-electron chi connectivity index (χ4n) is 5.82. The number of hydrogen-bond donors (Lipinski definition) is 0. The Morgan fingerprint density at radius 1 is 0.875 bits per heavy atom. The molecule has 2 saturated heterocycles. The number of benzene rings is 1. The van der Waals surface area contributed by atoms with E-state index in [4.69, 9.17) is 9.47 Å². The fourth-order valence-corrected chi connectivity index (χ4v) is 5.82. The number of amides is 2. The van der Waals surface area contributed by atoms with Crippen LogP contribution in [0.25, 0.3) is 0 Å². The second kappa shape index (κ2) is 9.32. The van der Waals surface area contributed by atoms with E-state index in [1.807, 2.05) is 28.0 Å². The van der Waals surface area contributed by atoms with E-state index >= 15 is 0 Å². The number of carbonyl (C=O) groups is 2. The van der Waals surface area contributed by atoms with Gasteiger partial charge in [-0.25, -0.2) is 0 Å². The molecule has 32 heavy (non-hydrogen) atoms. The maximum Gasteiger partial charge on any atom is 0.257 e. The van der Waals surface area contributed by atoms with E-state index in [1.54, 1.807) is 7.11 Å². The van der Waals surface area contributed by atoms with Gasteiger partial charge in [0.1, 0.15) is 17.6 Å². The summed E-state index contributed by atoms with van der Waals surface area (Å²) in [4.78, 5) is 29.9. The molecular formula is C26H36N2O4. The number of likely N-dealkylation sites (tertiary alicyclic amines) is 2. The van der Waals surface area contributed by atoms with Crippen molar-refractivity contribution in [1.82, 2.24) is 9.80 Å². The van der Waals surface area contributed by atoms with Gasteiger partial charge in [0, 0.05) is 44.9 Å². The SMILES string of the molecule is COc1ccc(OC2CCN(C(=O)C3CC3)CC2)c(C(=O)N2CC[C@@H]3CCCC[C@H]3C2)c1. The van der Waals surface area contributed by atoms with Crippen molar-refractivity contribution >= 4 is 11.8 Å². The fraction of sp³-hybridized carbons (Fsp3) is 0.692. The van der Waals surface area contributed by atoms with Gasteiger partial charge in [-0.15, -0.1) is 0 Å². The van der Waals surface area contributed by atoms with Crippen LogP contribution in [0.3, 0.4) is 0 Å². The maximum absolute atomic E-state index is 13.6. The molecule has 6 nitrogen and oxygen atoms in total. The smallest absolute Gasteiger partial charge is 0.257 e. The molecule has 174 valence electrons. The zero-order valence-electron chi connectivity index (χ0n) is 19.3. The van der Waals surface area contributed by atoms with Gasteiger partial charge in [0.2, 0.25) is 5.91 Å². The van der Waals surface area contributed by atoms with Gasteiger partial charge < -0.3 is 19.3 Å². The average Bonchev–Trinajstić information content (AvgIpc) is 3.69. The number of piperidine rings is 2. The van der Waals surface area contributed by atoms with Crippen molar-refractivity contribution in [2.75, 3.05) is 33.3 Å². The van der Waals surface area contributed by atoms with E-state index in [0.29, 0.717) is 28.9 Å². The number of fused-ring (bicyclic) bond motifs is 1. The predicted octanol–water partition coefficient (Wildman–Crippen LogP) is 4.13. The lowest BCUT2D eigenvalue weighted by molar-refractivity contribution is -0.134. The van der Waals surface area contributed by atoms with Crippen LogP contribution in [-0.2, 0) is 4.79 Å². The summed E-state index contributed by atoms with van der Waals surface area (Å²) in [5, 5.41) is 0. The van der Waals surface area contributed by atoms with Gasteiger partial charge in [-0.2, -0.15) is 0 Å². The molecule has 2 atom stereocenters. The number of hydrogen-bond acceptors (Lipinski definition) is 4. The molecule has 2 heterocycles. The average molecular weight is 441 g/mol. The Bertz CT molecular complexity index is 844. The Morgan fingerprint density at radius 3 is 2.31 bits per heavy atom. The maximum atomic E-state index is 13.6. The monoisotopic (exact) mass is 440 g/mol. The number of methoxy groups -OCH3 is 1. The molecule has 4 aliphatic rings. The van der Waals surface area contributed by atoms with Crippen LogP contribution < -0.4 is 9.47 Å². The van der Waals surface area contributed by atoms with Gasteiger partial charge in [-0.3, -0.25) is 9.59 Å². The highest BCUT2D eigenvalue weighted by Gasteiger charge is 2.36. The van der Waals surface area contributed by atoms with Crippen LogP contribution in [-0.4, -0.2) is 61.0 Å². The van der Waals surface area contributed by atoms with Crippen LogP contribution in [0.15, 0.2) is 18.2 Å². The molecule has 4 fully saturated rings. The molecule has 0 radical (unpaired) electrons. The van der Waals surface area contributed by atoms with Crippen molar-refractivity contribution < 1.29 is 19.1 Å². The van der Waals surface area contributed by atoms with Gasteiger partial charge in [0.25, 0.3) is 5.91 Å². The van der Waals surface area contributed by atoms with Gasteiger partial charge >= 0.3 is 0 Å². The molecule has 2 aliphatic carbocycles. The minimum absolute atomic E-state index is 0.0299. The van der Waals surface area contributed by atoms with Crippen molar-refractivity contribution in [3.8, 4) is 11.5 Å². The van der Waals surface area contributed by atoms with E-state index in [-0.39, 0.29) is 17.9 Å². The van der Waals surface area contributed by atoms with Crippen LogP contribution in [0, 0.1) is 17.8 Å². The predicted molar refractivity (Wildman–Crippen MR) is 122 cm³/mol. The summed E-state index contributed by atoms with van der Waals surface area (Å²) in [5.74, 6) is 3.40. The van der Waals surface area contributed by atoms with Gasteiger partial charge in [-0.1, -0.05) is 19.3 Å². The second-order valence-electron chi connectivity index (χ2n) is 10.1. The Labute approximate surface area is 191 Å². The molecule has 2 aliphatic heterocycles. The number of carbonyl (C=O) groups excluding carboxylic acids is 2. The topological polar surface area (TPSA) is 59.1 Å². The zero-order chi connectivity index (χ0) is 22.1. The van der Waals surface area contributed by atoms with Crippen LogP contribution in [0.5, 0.6) is 11.5 Å². The zero-order valence-corrected chi connectivity index (χ0v) is 19.3. The molecule has 0 N–H and O–H groups in total. The van der Waals surface area contributed by atoms with Crippen molar-refractivity contribution in [3.05, 3.63) is 23.8 Å². The molecule has 2 amide bonds. The van der Waals surface area contributed by atoms with Crippen molar-refractivity contribution in [3.63, 3.8) is 0 Å². The Morgan fingerprint density at radius 2 is 1.59 bits per heavy atom. The first-order valence-electron chi connectivity index (χ1n) is 12.5. The van der Waals surface area contributed by atoms with Crippen molar-refractivity contribution in [2.45, 2.75) is 63.9 Å². The number of rotatable bonds is 5. The summed E-state index contributed by atoms with van der Waals surface area (Å²) in [6, 6.07) is 5.57. The van der Waals surface area contributed by atoms with Crippen LogP contribution in [0.1, 0.15) is 68.1 Å². The lowest BCUT2D eigenvalue weighted by atomic mass is 9.75. The van der Waals surface area contributed by atoms with E-state index in [2.05, 4.69) is 0 Å². The molecule has 0 aromatic heterocycles. The summed E-state index contributed by atoms with van der Waals surface area (Å²) in [7, 11) is 1.63. The second-order valence-corrected chi connectivity index (χ2v) is 10.1. The summed E-state index contributed by atoms with van der Waals surface area (Å²) in [6.07, 6.45) is 10.1. The van der Waals surface area contributed by atoms with E-state index < -0.39 is 0 Å². The molecule has 0 unspecified atom stereocenters. The normalized spacial score (nSPS) is 26.4. The minimum Gasteiger partial charge on any atom is -0.497 e. The molecular weight excluding hydrogens is 404 g/mol. The standard InChI is InChI=1S/C26H36N2O4/c1-31-22-8-9-24(32-21-11-14-27(15-12-21)25(29)19-6-7-19)23(16-22)26(30)28-13-10-18-4-2-3-5-20(18)17-28/h8-9,16,18-21H,2-7,10-15,17H2,1H3/t18-,20-/m0/s1. The highest BCUT2D eigenvalue weighted by molar-refractivity contribution is 5.97. The summed E-state index contributed by atoms with van der Waals surface area (Å²) in [6.45, 7) is 3.18. The molecule has 0 spiro atoms. The van der Waals surface area contributed by atoms with Crippen LogP contribution in [0.2, 0.25) is 0 Å². The van der Waals surface area contributed by atoms with Crippen LogP contribution in [0.4, 0.5) is 0 Å². The first kappa shape index (κ1) is 21.6. The van der Waals surface area contributed by atoms with E-state index in [1.165, 1.54) is 25.7 Å². The lowest BCUT2D eigenvalue weighted by Gasteiger charge is -2.41. The summed E-state index contributed by atoms with van der Waals surface area (Å²) >= 11 is 0. The quantitative estimate of drug-likeness (QED) is 0.691. The number of nitrogens with zero attached hydrogens (tertiary/aromatic N) is 2. The van der Waals surface area contributed by atoms with Crippen molar-refractivity contribution in [2.24, 2.45) is 17.8 Å². The third-order valence-corrected chi connectivity index (χ3v) is 7.97.